The lowest BCUT2D eigenvalue weighted by molar-refractivity contribution is -0.131. The molecule has 134 valence electrons. The third-order valence-electron chi connectivity index (χ3n) is 3.28. The Hall–Kier alpha value is -3.15. The van der Waals surface area contributed by atoms with Crippen molar-refractivity contribution < 1.29 is 29.6 Å². The minimum atomic E-state index is -1.02. The van der Waals surface area contributed by atoms with Crippen molar-refractivity contribution in [3.05, 3.63) is 53.6 Å². The Labute approximate surface area is 146 Å². The smallest absolute Gasteiger partial charge is 0.328 e. The minimum absolute atomic E-state index is 0.0278. The molecule has 0 atom stereocenters. The maximum Gasteiger partial charge on any atom is 0.328 e. The van der Waals surface area contributed by atoms with Crippen molar-refractivity contribution in [2.75, 3.05) is 14.2 Å². The number of methoxy groups -OCH3 is 2. The lowest BCUT2D eigenvalue weighted by Gasteiger charge is -2.07. The van der Waals surface area contributed by atoms with E-state index in [1.165, 1.54) is 19.3 Å². The van der Waals surface area contributed by atoms with E-state index in [9.17, 15) is 15.0 Å². The molecule has 0 radical (unpaired) electrons. The predicted octanol–water partition coefficient (Wildman–Crippen LogP) is 3.46. The number of hydrogen-bond acceptors (Lipinski definition) is 5. The molecule has 0 bridgehead atoms. The van der Waals surface area contributed by atoms with Gasteiger partial charge in [0, 0.05) is 6.08 Å². The molecule has 0 amide bonds. The standard InChI is InChI=1S/C10H10O4.C9H12O2/c1-14-9-6-7(2-4-8(9)11)3-5-10(12)13;1-3-7-5-4-6-8(10)9(7)11-2/h2-6,11H,1H3,(H,12,13);4-6,10H,3H2,1-2H3/b5-3+;. The highest BCUT2D eigenvalue weighted by atomic mass is 16.5. The first-order valence-electron chi connectivity index (χ1n) is 7.55. The van der Waals surface area contributed by atoms with E-state index in [4.69, 9.17) is 14.6 Å². The van der Waals surface area contributed by atoms with Crippen molar-refractivity contribution in [2.45, 2.75) is 13.3 Å². The summed E-state index contributed by atoms with van der Waals surface area (Å²) in [5.41, 5.74) is 1.69. The van der Waals surface area contributed by atoms with Gasteiger partial charge in [0.05, 0.1) is 14.2 Å². The summed E-state index contributed by atoms with van der Waals surface area (Å²) in [6, 6.07) is 9.97. The Morgan fingerprint density at radius 2 is 1.80 bits per heavy atom. The van der Waals surface area contributed by atoms with Gasteiger partial charge < -0.3 is 24.8 Å². The van der Waals surface area contributed by atoms with Crippen molar-refractivity contribution in [1.82, 2.24) is 0 Å². The van der Waals surface area contributed by atoms with E-state index in [0.717, 1.165) is 18.1 Å². The third-order valence-corrected chi connectivity index (χ3v) is 3.28. The van der Waals surface area contributed by atoms with E-state index in [1.54, 1.807) is 25.3 Å². The topological polar surface area (TPSA) is 96.2 Å². The number of phenols is 2. The number of carboxylic acids is 1. The number of carboxylic acid groups (broad SMARTS) is 1. The van der Waals surface area contributed by atoms with E-state index in [-0.39, 0.29) is 11.5 Å². The number of carbonyl (C=O) groups is 1. The van der Waals surface area contributed by atoms with Crippen LogP contribution in [0, 0.1) is 0 Å². The van der Waals surface area contributed by atoms with Crippen LogP contribution in [0.4, 0.5) is 0 Å². The Bertz CT molecular complexity index is 737. The summed E-state index contributed by atoms with van der Waals surface area (Å²) >= 11 is 0. The van der Waals surface area contributed by atoms with Gasteiger partial charge in [-0.3, -0.25) is 0 Å². The fourth-order valence-electron chi connectivity index (χ4n) is 2.05. The monoisotopic (exact) mass is 346 g/mol. The molecule has 0 heterocycles. The van der Waals surface area contributed by atoms with Crippen LogP contribution in [0.2, 0.25) is 0 Å². The van der Waals surface area contributed by atoms with Gasteiger partial charge in [-0.05, 0) is 41.8 Å². The van der Waals surface area contributed by atoms with Gasteiger partial charge in [-0.1, -0.05) is 25.1 Å². The van der Waals surface area contributed by atoms with Gasteiger partial charge in [-0.25, -0.2) is 4.79 Å². The van der Waals surface area contributed by atoms with E-state index >= 15 is 0 Å². The minimum Gasteiger partial charge on any atom is -0.504 e. The van der Waals surface area contributed by atoms with E-state index in [0.29, 0.717) is 17.1 Å². The summed E-state index contributed by atoms with van der Waals surface area (Å²) in [5, 5.41) is 26.9. The molecule has 0 aliphatic rings. The summed E-state index contributed by atoms with van der Waals surface area (Å²) < 4.78 is 9.88. The van der Waals surface area contributed by atoms with Crippen molar-refractivity contribution in [3.63, 3.8) is 0 Å². The van der Waals surface area contributed by atoms with Gasteiger partial charge in [-0.15, -0.1) is 0 Å². The molecule has 0 spiro atoms. The molecular formula is C19H22O6. The van der Waals surface area contributed by atoms with E-state index in [1.807, 2.05) is 19.1 Å². The highest BCUT2D eigenvalue weighted by molar-refractivity contribution is 5.85. The largest absolute Gasteiger partial charge is 0.504 e. The molecular weight excluding hydrogens is 324 g/mol. The summed E-state index contributed by atoms with van der Waals surface area (Å²) in [6.07, 6.45) is 3.31. The average Bonchev–Trinajstić information content (AvgIpc) is 2.61. The molecule has 2 aromatic rings. The Morgan fingerprint density at radius 3 is 2.32 bits per heavy atom. The van der Waals surface area contributed by atoms with E-state index in [2.05, 4.69) is 0 Å². The average molecular weight is 346 g/mol. The van der Waals surface area contributed by atoms with Crippen LogP contribution in [0.25, 0.3) is 6.08 Å². The van der Waals surface area contributed by atoms with Gasteiger partial charge in [0.15, 0.2) is 23.0 Å². The van der Waals surface area contributed by atoms with Gasteiger partial charge in [-0.2, -0.15) is 0 Å². The van der Waals surface area contributed by atoms with Crippen LogP contribution >= 0.6 is 0 Å². The molecule has 3 N–H and O–H groups in total. The number of para-hydroxylation sites is 1. The molecule has 6 heteroatoms. The SMILES string of the molecule is CCc1cccc(O)c1OC.COc1cc(/C=C/C(=O)O)ccc1O. The molecule has 2 aromatic carbocycles. The molecule has 2 rings (SSSR count). The van der Waals surface area contributed by atoms with Gasteiger partial charge in [0.1, 0.15) is 0 Å². The second-order valence-electron chi connectivity index (χ2n) is 4.93. The number of phenolic OH excluding ortho intramolecular Hbond substituents is 2. The quantitative estimate of drug-likeness (QED) is 0.718. The van der Waals surface area contributed by atoms with Gasteiger partial charge >= 0.3 is 5.97 Å². The zero-order valence-corrected chi connectivity index (χ0v) is 14.4. The first kappa shape index (κ1) is 19.9. The highest BCUT2D eigenvalue weighted by Crippen LogP contribution is 2.29. The molecule has 6 nitrogen and oxygen atoms in total. The number of aromatic hydroxyl groups is 2. The molecule has 0 aliphatic heterocycles. The van der Waals surface area contributed by atoms with E-state index < -0.39 is 5.97 Å². The molecule has 0 saturated carbocycles. The van der Waals surface area contributed by atoms with Crippen LogP contribution in [0.1, 0.15) is 18.1 Å². The molecule has 0 fully saturated rings. The number of aliphatic carboxylic acids is 1. The Balaban J connectivity index is 0.000000257. The lowest BCUT2D eigenvalue weighted by Crippen LogP contribution is -1.89. The first-order chi connectivity index (χ1) is 11.9. The maximum atomic E-state index is 10.2. The summed E-state index contributed by atoms with van der Waals surface area (Å²) in [4.78, 5) is 10.2. The third kappa shape index (κ3) is 6.10. The normalized spacial score (nSPS) is 10.0. The summed E-state index contributed by atoms with van der Waals surface area (Å²) in [5.74, 6) is 0.136. The van der Waals surface area contributed by atoms with Crippen LogP contribution in [0.5, 0.6) is 23.0 Å². The number of benzene rings is 2. The van der Waals surface area contributed by atoms with Crippen LogP contribution in [-0.2, 0) is 11.2 Å². The second kappa shape index (κ2) is 9.87. The van der Waals surface area contributed by atoms with Gasteiger partial charge in [0.2, 0.25) is 0 Å². The van der Waals surface area contributed by atoms with Crippen molar-refractivity contribution in [1.29, 1.82) is 0 Å². The highest BCUT2D eigenvalue weighted by Gasteiger charge is 2.04. The predicted molar refractivity (Wildman–Crippen MR) is 95.4 cm³/mol. The number of hydrogen-bond donors (Lipinski definition) is 3. The zero-order valence-electron chi connectivity index (χ0n) is 14.4. The van der Waals surface area contributed by atoms with Crippen LogP contribution in [-0.4, -0.2) is 35.5 Å². The Morgan fingerprint density at radius 1 is 1.08 bits per heavy atom. The number of rotatable bonds is 5. The molecule has 25 heavy (non-hydrogen) atoms. The maximum absolute atomic E-state index is 10.2. The fourth-order valence-corrected chi connectivity index (χ4v) is 2.05. The van der Waals surface area contributed by atoms with Crippen LogP contribution in [0.3, 0.4) is 0 Å². The van der Waals surface area contributed by atoms with Crippen molar-refractivity contribution in [3.8, 4) is 23.0 Å². The number of ether oxygens (including phenoxy) is 2. The lowest BCUT2D eigenvalue weighted by atomic mass is 10.1. The number of aryl methyl sites for hydroxylation is 1. The van der Waals surface area contributed by atoms with Crippen molar-refractivity contribution in [2.24, 2.45) is 0 Å². The molecule has 0 unspecified atom stereocenters. The summed E-state index contributed by atoms with van der Waals surface area (Å²) in [7, 11) is 2.99. The van der Waals surface area contributed by atoms with Crippen LogP contribution < -0.4 is 9.47 Å². The molecule has 0 saturated heterocycles. The second-order valence-corrected chi connectivity index (χ2v) is 4.93. The summed E-state index contributed by atoms with van der Waals surface area (Å²) in [6.45, 7) is 2.03. The molecule has 0 aromatic heterocycles. The van der Waals surface area contributed by atoms with Crippen molar-refractivity contribution >= 4 is 12.0 Å². The van der Waals surface area contributed by atoms with Gasteiger partial charge in [0.25, 0.3) is 0 Å². The molecule has 0 aliphatic carbocycles. The zero-order chi connectivity index (χ0) is 18.8. The Kier molecular flexibility index (Phi) is 7.86. The van der Waals surface area contributed by atoms with Crippen LogP contribution in [0.15, 0.2) is 42.5 Å². The first-order valence-corrected chi connectivity index (χ1v) is 7.55. The fraction of sp³-hybridized carbons (Fsp3) is 0.211.